The standard InChI is InChI=1S/C19H22ClFN2O2/c20-15-6-14(7-16(21)8-15)19(25)23-10-12-4-5-17(23)11-22(9-12)18(24)13-2-1-3-13/h6-8,12-13,17H,1-5,9-11H2/t12-,17+/m1/s1. The molecule has 6 heteroatoms. The van der Waals surface area contributed by atoms with Gasteiger partial charge in [0.25, 0.3) is 5.91 Å². The van der Waals surface area contributed by atoms with Gasteiger partial charge in [-0.2, -0.15) is 0 Å². The van der Waals surface area contributed by atoms with Gasteiger partial charge in [-0.1, -0.05) is 18.0 Å². The Bertz CT molecular complexity index is 686. The summed E-state index contributed by atoms with van der Waals surface area (Å²) in [7, 11) is 0. The second-order valence-corrected chi connectivity index (χ2v) is 8.02. The molecule has 3 aliphatic heterocycles. The Kier molecular flexibility index (Phi) is 4.44. The van der Waals surface area contributed by atoms with Gasteiger partial charge in [-0.3, -0.25) is 9.59 Å². The number of hydrogen-bond donors (Lipinski definition) is 0. The maximum Gasteiger partial charge on any atom is 0.254 e. The van der Waals surface area contributed by atoms with Crippen molar-refractivity contribution in [3.05, 3.63) is 34.6 Å². The minimum absolute atomic E-state index is 0.0114. The van der Waals surface area contributed by atoms with Crippen LogP contribution in [0.5, 0.6) is 0 Å². The molecule has 0 radical (unpaired) electrons. The van der Waals surface area contributed by atoms with E-state index in [9.17, 15) is 14.0 Å². The molecule has 3 heterocycles. The van der Waals surface area contributed by atoms with Crippen molar-refractivity contribution in [2.24, 2.45) is 11.8 Å². The van der Waals surface area contributed by atoms with Crippen molar-refractivity contribution < 1.29 is 14.0 Å². The van der Waals surface area contributed by atoms with E-state index in [4.69, 9.17) is 11.6 Å². The zero-order valence-electron chi connectivity index (χ0n) is 14.1. The van der Waals surface area contributed by atoms with Crippen molar-refractivity contribution in [2.75, 3.05) is 19.6 Å². The van der Waals surface area contributed by atoms with E-state index in [-0.39, 0.29) is 34.4 Å². The van der Waals surface area contributed by atoms with Crippen LogP contribution in [0.4, 0.5) is 4.39 Å². The molecule has 0 aromatic heterocycles. The van der Waals surface area contributed by atoms with Crippen LogP contribution in [0, 0.1) is 17.7 Å². The maximum absolute atomic E-state index is 13.6. The van der Waals surface area contributed by atoms with E-state index in [1.807, 2.05) is 9.80 Å². The van der Waals surface area contributed by atoms with Crippen molar-refractivity contribution in [2.45, 2.75) is 38.1 Å². The Morgan fingerprint density at radius 2 is 1.84 bits per heavy atom. The molecule has 1 aliphatic carbocycles. The first kappa shape index (κ1) is 16.8. The number of piperidine rings is 1. The molecule has 5 rings (SSSR count). The zero-order valence-corrected chi connectivity index (χ0v) is 14.8. The number of carbonyl (C=O) groups excluding carboxylic acids is 2. The van der Waals surface area contributed by atoms with Crippen LogP contribution in [0.15, 0.2) is 18.2 Å². The first-order valence-electron chi connectivity index (χ1n) is 9.07. The van der Waals surface area contributed by atoms with Crippen LogP contribution in [0.1, 0.15) is 42.5 Å². The summed E-state index contributed by atoms with van der Waals surface area (Å²) in [4.78, 5) is 29.4. The van der Waals surface area contributed by atoms with Gasteiger partial charge in [-0.05, 0) is 49.8 Å². The molecule has 134 valence electrons. The molecule has 2 bridgehead atoms. The zero-order chi connectivity index (χ0) is 17.6. The van der Waals surface area contributed by atoms with Gasteiger partial charge in [0.2, 0.25) is 5.91 Å². The third-order valence-electron chi connectivity index (χ3n) is 5.85. The average Bonchev–Trinajstić information content (AvgIpc) is 2.83. The van der Waals surface area contributed by atoms with Crippen LogP contribution in [0.3, 0.4) is 0 Å². The largest absolute Gasteiger partial charge is 0.340 e. The summed E-state index contributed by atoms with van der Waals surface area (Å²) in [5.74, 6) is 0.0531. The second kappa shape index (κ2) is 6.60. The lowest BCUT2D eigenvalue weighted by Gasteiger charge is -2.36. The normalized spacial score (nSPS) is 26.3. The van der Waals surface area contributed by atoms with Crippen LogP contribution < -0.4 is 0 Å². The first-order valence-corrected chi connectivity index (χ1v) is 9.45. The molecular formula is C19H22ClFN2O2. The van der Waals surface area contributed by atoms with Gasteiger partial charge in [-0.15, -0.1) is 0 Å². The number of hydrogen-bond acceptors (Lipinski definition) is 2. The van der Waals surface area contributed by atoms with Gasteiger partial charge in [-0.25, -0.2) is 4.39 Å². The molecule has 4 aliphatic rings. The van der Waals surface area contributed by atoms with Crippen molar-refractivity contribution in [3.63, 3.8) is 0 Å². The fourth-order valence-electron chi connectivity index (χ4n) is 4.27. The van der Waals surface area contributed by atoms with E-state index in [2.05, 4.69) is 0 Å². The molecule has 1 aromatic rings. The molecule has 4 nitrogen and oxygen atoms in total. The summed E-state index contributed by atoms with van der Waals surface area (Å²) in [6, 6.07) is 3.97. The Morgan fingerprint density at radius 1 is 1.04 bits per heavy atom. The molecule has 3 saturated heterocycles. The number of rotatable bonds is 2. The summed E-state index contributed by atoms with van der Waals surface area (Å²) in [5.41, 5.74) is 0.286. The Hall–Kier alpha value is -1.62. The van der Waals surface area contributed by atoms with Gasteiger partial charge in [0.15, 0.2) is 0 Å². The molecule has 0 unspecified atom stereocenters. The molecule has 2 amide bonds. The highest BCUT2D eigenvalue weighted by Crippen LogP contribution is 2.33. The fraction of sp³-hybridized carbons (Fsp3) is 0.579. The van der Waals surface area contributed by atoms with Gasteiger partial charge < -0.3 is 9.80 Å². The first-order chi connectivity index (χ1) is 12.0. The number of carbonyl (C=O) groups is 2. The predicted octanol–water partition coefficient (Wildman–Crippen LogP) is 3.34. The summed E-state index contributed by atoms with van der Waals surface area (Å²) >= 11 is 5.90. The van der Waals surface area contributed by atoms with Crippen LogP contribution in [0.2, 0.25) is 5.02 Å². The van der Waals surface area contributed by atoms with Crippen molar-refractivity contribution in [1.82, 2.24) is 9.80 Å². The van der Waals surface area contributed by atoms with E-state index in [0.29, 0.717) is 19.0 Å². The van der Waals surface area contributed by atoms with E-state index in [1.165, 1.54) is 18.2 Å². The highest BCUT2D eigenvalue weighted by Gasteiger charge is 2.40. The fourth-order valence-corrected chi connectivity index (χ4v) is 4.49. The third-order valence-corrected chi connectivity index (χ3v) is 6.07. The lowest BCUT2D eigenvalue weighted by atomic mass is 9.84. The Morgan fingerprint density at radius 3 is 2.52 bits per heavy atom. The van der Waals surface area contributed by atoms with Gasteiger partial charge >= 0.3 is 0 Å². The topological polar surface area (TPSA) is 40.6 Å². The van der Waals surface area contributed by atoms with Crippen molar-refractivity contribution in [3.8, 4) is 0 Å². The molecule has 1 aromatic carbocycles. The molecule has 1 saturated carbocycles. The lowest BCUT2D eigenvalue weighted by Crippen LogP contribution is -2.48. The summed E-state index contributed by atoms with van der Waals surface area (Å²) in [6.07, 6.45) is 5.06. The third kappa shape index (κ3) is 3.26. The second-order valence-electron chi connectivity index (χ2n) is 7.58. The highest BCUT2D eigenvalue weighted by atomic mass is 35.5. The van der Waals surface area contributed by atoms with Crippen LogP contribution in [-0.2, 0) is 4.79 Å². The van der Waals surface area contributed by atoms with Gasteiger partial charge in [0, 0.05) is 42.2 Å². The predicted molar refractivity (Wildman–Crippen MR) is 92.9 cm³/mol. The minimum Gasteiger partial charge on any atom is -0.340 e. The molecule has 0 spiro atoms. The average molecular weight is 365 g/mol. The Labute approximate surface area is 151 Å². The molecular weight excluding hydrogens is 343 g/mol. The number of nitrogens with zero attached hydrogens (tertiary/aromatic N) is 2. The van der Waals surface area contributed by atoms with Crippen LogP contribution in [0.25, 0.3) is 0 Å². The molecule has 2 atom stereocenters. The maximum atomic E-state index is 13.6. The summed E-state index contributed by atoms with van der Waals surface area (Å²) in [5, 5.41) is 0.227. The summed E-state index contributed by atoms with van der Waals surface area (Å²) in [6.45, 7) is 1.96. The number of amides is 2. The van der Waals surface area contributed by atoms with E-state index in [1.54, 1.807) is 0 Å². The molecule has 4 fully saturated rings. The number of halogens is 2. The lowest BCUT2D eigenvalue weighted by molar-refractivity contribution is -0.138. The van der Waals surface area contributed by atoms with Crippen molar-refractivity contribution >= 4 is 23.4 Å². The van der Waals surface area contributed by atoms with Gasteiger partial charge in [0.05, 0.1) is 0 Å². The van der Waals surface area contributed by atoms with E-state index < -0.39 is 5.82 Å². The minimum atomic E-state index is -0.502. The van der Waals surface area contributed by atoms with Crippen LogP contribution >= 0.6 is 11.6 Å². The van der Waals surface area contributed by atoms with E-state index in [0.717, 1.165) is 38.6 Å². The van der Waals surface area contributed by atoms with Crippen LogP contribution in [-0.4, -0.2) is 47.3 Å². The summed E-state index contributed by atoms with van der Waals surface area (Å²) < 4.78 is 13.6. The smallest absolute Gasteiger partial charge is 0.254 e. The van der Waals surface area contributed by atoms with E-state index >= 15 is 0 Å². The van der Waals surface area contributed by atoms with Gasteiger partial charge in [0.1, 0.15) is 5.82 Å². The number of fused-ring (bicyclic) bond motifs is 4. The SMILES string of the molecule is O=C(C1CCC1)N1C[C@H]2CC[C@@H](C1)N(C(=O)c1cc(F)cc(Cl)c1)C2. The highest BCUT2D eigenvalue weighted by molar-refractivity contribution is 6.31. The quantitative estimate of drug-likeness (QED) is 0.807. The molecule has 25 heavy (non-hydrogen) atoms. The molecule has 0 N–H and O–H groups in total. The Balaban J connectivity index is 1.53. The monoisotopic (exact) mass is 364 g/mol. The number of benzene rings is 1. The van der Waals surface area contributed by atoms with Crippen molar-refractivity contribution in [1.29, 1.82) is 0 Å².